The molecule has 5 nitrogen and oxygen atoms in total. The summed E-state index contributed by atoms with van der Waals surface area (Å²) in [6.45, 7) is 6.58. The molecule has 126 valence electrons. The lowest BCUT2D eigenvalue weighted by Gasteiger charge is -2.22. The number of benzene rings is 1. The van der Waals surface area contributed by atoms with Gasteiger partial charge in [-0.3, -0.25) is 9.59 Å². The van der Waals surface area contributed by atoms with Crippen molar-refractivity contribution in [2.75, 3.05) is 18.1 Å². The first-order valence-electron chi connectivity index (χ1n) is 8.25. The van der Waals surface area contributed by atoms with Crippen LogP contribution < -0.4 is 10.2 Å². The molecule has 0 saturated carbocycles. The van der Waals surface area contributed by atoms with Crippen molar-refractivity contribution in [1.29, 1.82) is 0 Å². The van der Waals surface area contributed by atoms with Crippen molar-refractivity contribution < 1.29 is 14.7 Å². The van der Waals surface area contributed by atoms with Crippen LogP contribution in [0.5, 0.6) is 0 Å². The van der Waals surface area contributed by atoms with E-state index in [1.54, 1.807) is 11.0 Å². The largest absolute Gasteiger partial charge is 0.394 e. The first-order valence-corrected chi connectivity index (χ1v) is 8.25. The van der Waals surface area contributed by atoms with Crippen molar-refractivity contribution in [3.05, 3.63) is 29.3 Å². The van der Waals surface area contributed by atoms with Gasteiger partial charge in [-0.2, -0.15) is 0 Å². The second-order valence-electron chi connectivity index (χ2n) is 6.65. The molecule has 0 aromatic heterocycles. The first-order chi connectivity index (χ1) is 10.9. The second-order valence-corrected chi connectivity index (χ2v) is 6.65. The van der Waals surface area contributed by atoms with E-state index in [-0.39, 0.29) is 24.5 Å². The van der Waals surface area contributed by atoms with Crippen LogP contribution >= 0.6 is 0 Å². The minimum atomic E-state index is -0.273. The topological polar surface area (TPSA) is 69.6 Å². The van der Waals surface area contributed by atoms with Crippen molar-refractivity contribution in [2.45, 2.75) is 46.1 Å². The fraction of sp³-hybridized carbons (Fsp3) is 0.556. The van der Waals surface area contributed by atoms with Gasteiger partial charge in [-0.05, 0) is 37.8 Å². The number of nitrogens with zero attached hydrogens (tertiary/aromatic N) is 1. The van der Waals surface area contributed by atoms with Gasteiger partial charge in [0.15, 0.2) is 0 Å². The molecule has 1 aromatic rings. The Labute approximate surface area is 137 Å². The number of nitrogens with one attached hydrogen (secondary N) is 1. The van der Waals surface area contributed by atoms with Crippen LogP contribution in [0.25, 0.3) is 0 Å². The van der Waals surface area contributed by atoms with E-state index >= 15 is 0 Å². The summed E-state index contributed by atoms with van der Waals surface area (Å²) in [5.41, 5.74) is 2.13. The number of carbonyl (C=O) groups is 2. The maximum atomic E-state index is 12.7. The van der Waals surface area contributed by atoms with E-state index in [4.69, 9.17) is 0 Å². The number of hydrogen-bond acceptors (Lipinski definition) is 3. The molecule has 1 fully saturated rings. The molecule has 5 heteroatoms. The summed E-state index contributed by atoms with van der Waals surface area (Å²) < 4.78 is 0. The van der Waals surface area contributed by atoms with Crippen LogP contribution in [0.2, 0.25) is 0 Å². The van der Waals surface area contributed by atoms with Gasteiger partial charge >= 0.3 is 0 Å². The van der Waals surface area contributed by atoms with Crippen LogP contribution in [0, 0.1) is 12.8 Å². The predicted molar refractivity (Wildman–Crippen MR) is 90.6 cm³/mol. The van der Waals surface area contributed by atoms with E-state index in [2.05, 4.69) is 19.2 Å². The number of aryl methyl sites for hydroxylation is 1. The lowest BCUT2D eigenvalue weighted by Crippen LogP contribution is -2.39. The van der Waals surface area contributed by atoms with E-state index < -0.39 is 0 Å². The third-order valence-corrected chi connectivity index (χ3v) is 4.07. The molecule has 2 rings (SSSR count). The average Bonchev–Trinajstić information content (AvgIpc) is 2.92. The van der Waals surface area contributed by atoms with Gasteiger partial charge in [0, 0.05) is 13.0 Å². The average molecular weight is 318 g/mol. The summed E-state index contributed by atoms with van der Waals surface area (Å²) in [6, 6.07) is 5.28. The highest BCUT2D eigenvalue weighted by molar-refractivity contribution is 6.05. The normalized spacial score (nSPS) is 16.0. The zero-order valence-corrected chi connectivity index (χ0v) is 14.1. The molecule has 1 aliphatic heterocycles. The molecule has 1 saturated heterocycles. The van der Waals surface area contributed by atoms with Crippen molar-refractivity contribution in [3.8, 4) is 0 Å². The maximum absolute atomic E-state index is 12.7. The summed E-state index contributed by atoms with van der Waals surface area (Å²) in [7, 11) is 0. The fourth-order valence-corrected chi connectivity index (χ4v) is 2.98. The van der Waals surface area contributed by atoms with Crippen LogP contribution in [0.4, 0.5) is 5.69 Å². The molecule has 2 N–H and O–H groups in total. The lowest BCUT2D eigenvalue weighted by molar-refractivity contribution is -0.117. The highest BCUT2D eigenvalue weighted by atomic mass is 16.3. The van der Waals surface area contributed by atoms with E-state index in [1.165, 1.54) is 0 Å². The molecule has 0 aliphatic carbocycles. The van der Waals surface area contributed by atoms with Gasteiger partial charge in [-0.25, -0.2) is 0 Å². The molecule has 1 aromatic carbocycles. The Bertz CT molecular complexity index is 584. The van der Waals surface area contributed by atoms with Gasteiger partial charge in [-0.1, -0.05) is 25.5 Å². The molecule has 0 bridgehead atoms. The molecule has 0 radical (unpaired) electrons. The van der Waals surface area contributed by atoms with Crippen LogP contribution in [0.15, 0.2) is 18.2 Å². The van der Waals surface area contributed by atoms with Gasteiger partial charge < -0.3 is 15.3 Å². The van der Waals surface area contributed by atoms with E-state index in [9.17, 15) is 14.7 Å². The molecule has 1 heterocycles. The first kappa shape index (κ1) is 17.5. The zero-order chi connectivity index (χ0) is 17.0. The number of aliphatic hydroxyl groups is 1. The van der Waals surface area contributed by atoms with Crippen molar-refractivity contribution >= 4 is 17.5 Å². The third-order valence-electron chi connectivity index (χ3n) is 4.07. The highest BCUT2D eigenvalue weighted by Gasteiger charge is 2.26. The molecule has 0 spiro atoms. The fourth-order valence-electron chi connectivity index (χ4n) is 2.98. The molecule has 1 aliphatic rings. The maximum Gasteiger partial charge on any atom is 0.253 e. The molecule has 1 atom stereocenters. The van der Waals surface area contributed by atoms with Crippen LogP contribution in [-0.4, -0.2) is 36.1 Å². The van der Waals surface area contributed by atoms with Gasteiger partial charge in [0.2, 0.25) is 5.91 Å². The lowest BCUT2D eigenvalue weighted by atomic mass is 10.0. The molecule has 1 unspecified atom stereocenters. The van der Waals surface area contributed by atoms with E-state index in [0.717, 1.165) is 12.0 Å². The zero-order valence-electron chi connectivity index (χ0n) is 14.1. The van der Waals surface area contributed by atoms with Gasteiger partial charge in [-0.15, -0.1) is 0 Å². The Balaban J connectivity index is 2.24. The quantitative estimate of drug-likeness (QED) is 0.845. The minimum absolute atomic E-state index is 0.0591. The van der Waals surface area contributed by atoms with E-state index in [0.29, 0.717) is 36.6 Å². The molecule has 23 heavy (non-hydrogen) atoms. The number of hydrogen-bond donors (Lipinski definition) is 2. The Hall–Kier alpha value is -1.88. The summed E-state index contributed by atoms with van der Waals surface area (Å²) >= 11 is 0. The Morgan fingerprint density at radius 2 is 2.13 bits per heavy atom. The number of rotatable bonds is 6. The SMILES string of the molecule is Cc1ccc(N2CCCC2=O)c(C(=O)NC(CO)CC(C)C)c1. The molecular formula is C18H26N2O3. The summed E-state index contributed by atoms with van der Waals surface area (Å²) in [5, 5.41) is 12.4. The number of amides is 2. The number of aliphatic hydroxyl groups excluding tert-OH is 1. The predicted octanol–water partition coefficient (Wildman–Crippen LogP) is 2.26. The number of carbonyl (C=O) groups excluding carboxylic acids is 2. The van der Waals surface area contributed by atoms with Gasteiger partial charge in [0.05, 0.1) is 23.9 Å². The summed E-state index contributed by atoms with van der Waals surface area (Å²) in [4.78, 5) is 26.4. The van der Waals surface area contributed by atoms with Crippen LogP contribution in [-0.2, 0) is 4.79 Å². The second kappa shape index (κ2) is 7.59. The number of anilines is 1. The Morgan fingerprint density at radius 3 is 2.70 bits per heavy atom. The van der Waals surface area contributed by atoms with Crippen molar-refractivity contribution in [3.63, 3.8) is 0 Å². The van der Waals surface area contributed by atoms with Crippen LogP contribution in [0.1, 0.15) is 49.0 Å². The smallest absolute Gasteiger partial charge is 0.253 e. The monoisotopic (exact) mass is 318 g/mol. The summed E-state index contributed by atoms with van der Waals surface area (Å²) in [5.74, 6) is 0.205. The standard InChI is InChI=1S/C18H26N2O3/c1-12(2)9-14(11-21)19-18(23)15-10-13(3)6-7-16(15)20-8-4-5-17(20)22/h6-7,10,12,14,21H,4-5,8-9,11H2,1-3H3,(H,19,23). The van der Waals surface area contributed by atoms with E-state index in [1.807, 2.05) is 19.1 Å². The molecular weight excluding hydrogens is 292 g/mol. The Kier molecular flexibility index (Phi) is 5.77. The van der Waals surface area contributed by atoms with Gasteiger partial charge in [0.25, 0.3) is 5.91 Å². The van der Waals surface area contributed by atoms with Crippen LogP contribution in [0.3, 0.4) is 0 Å². The minimum Gasteiger partial charge on any atom is -0.394 e. The van der Waals surface area contributed by atoms with Crippen molar-refractivity contribution in [2.24, 2.45) is 5.92 Å². The van der Waals surface area contributed by atoms with Crippen molar-refractivity contribution in [1.82, 2.24) is 5.32 Å². The molecule has 2 amide bonds. The highest BCUT2D eigenvalue weighted by Crippen LogP contribution is 2.26. The van der Waals surface area contributed by atoms with Gasteiger partial charge in [0.1, 0.15) is 0 Å². The summed E-state index contributed by atoms with van der Waals surface area (Å²) in [6.07, 6.45) is 2.06. The Morgan fingerprint density at radius 1 is 1.39 bits per heavy atom. The third kappa shape index (κ3) is 4.32.